The Kier molecular flexibility index (Phi) is 4.51. The van der Waals surface area contributed by atoms with Crippen molar-refractivity contribution in [3.05, 3.63) is 58.9 Å². The Balaban J connectivity index is 1.60. The van der Waals surface area contributed by atoms with E-state index in [0.717, 1.165) is 18.7 Å². The standard InChI is InChI=1S/C22H29N3/c1-16-6-9-22-19(13-16)20-15-24(3)11-4-5-21(20)25(22)12-10-18-8-7-17(2)23-14-18/h6-9,13-14,20-21H,4-5,10-12,15H2,1-3H3/t20-,21-/m0/s1. The Labute approximate surface area is 151 Å². The van der Waals surface area contributed by atoms with Crippen LogP contribution in [0.5, 0.6) is 0 Å². The fraction of sp³-hybridized carbons (Fsp3) is 0.500. The second-order valence-corrected chi connectivity index (χ2v) is 7.89. The van der Waals surface area contributed by atoms with Gasteiger partial charge >= 0.3 is 0 Å². The van der Waals surface area contributed by atoms with Gasteiger partial charge in [0.1, 0.15) is 0 Å². The third kappa shape index (κ3) is 3.30. The van der Waals surface area contributed by atoms with Gasteiger partial charge in [-0.25, -0.2) is 0 Å². The number of nitrogens with zero attached hydrogens (tertiary/aromatic N) is 3. The van der Waals surface area contributed by atoms with E-state index in [-0.39, 0.29) is 0 Å². The van der Waals surface area contributed by atoms with Gasteiger partial charge in [0, 0.05) is 42.6 Å². The summed E-state index contributed by atoms with van der Waals surface area (Å²) in [5.41, 5.74) is 6.86. The van der Waals surface area contributed by atoms with E-state index in [1.165, 1.54) is 42.7 Å². The Bertz CT molecular complexity index is 737. The molecule has 4 rings (SSSR count). The molecule has 1 fully saturated rings. The molecule has 0 bridgehead atoms. The summed E-state index contributed by atoms with van der Waals surface area (Å²) in [4.78, 5) is 9.67. The van der Waals surface area contributed by atoms with Gasteiger partial charge in [0.15, 0.2) is 0 Å². The van der Waals surface area contributed by atoms with Crippen LogP contribution in [0.1, 0.15) is 41.1 Å². The molecule has 2 atom stereocenters. The molecule has 0 spiro atoms. The van der Waals surface area contributed by atoms with E-state index in [2.05, 4.69) is 66.0 Å². The second-order valence-electron chi connectivity index (χ2n) is 7.89. The Morgan fingerprint density at radius 3 is 2.84 bits per heavy atom. The Hall–Kier alpha value is -1.87. The van der Waals surface area contributed by atoms with Gasteiger partial charge in [0.2, 0.25) is 0 Å². The van der Waals surface area contributed by atoms with E-state index in [0.29, 0.717) is 12.0 Å². The number of hydrogen-bond acceptors (Lipinski definition) is 3. The number of aryl methyl sites for hydroxylation is 2. The van der Waals surface area contributed by atoms with Crippen molar-refractivity contribution in [1.82, 2.24) is 9.88 Å². The molecule has 3 heteroatoms. The fourth-order valence-corrected chi connectivity index (χ4v) is 4.59. The maximum Gasteiger partial charge on any atom is 0.0405 e. The number of likely N-dealkylation sites (tertiary alicyclic amines) is 1. The van der Waals surface area contributed by atoms with Crippen molar-refractivity contribution in [3.8, 4) is 0 Å². The molecule has 0 saturated carbocycles. The maximum atomic E-state index is 4.46. The molecule has 0 amide bonds. The molecule has 3 nitrogen and oxygen atoms in total. The molecule has 1 aromatic heterocycles. The molecule has 2 aliphatic rings. The van der Waals surface area contributed by atoms with Gasteiger partial charge in [-0.3, -0.25) is 4.98 Å². The number of pyridine rings is 1. The first-order valence-corrected chi connectivity index (χ1v) is 9.59. The molecular formula is C22H29N3. The average Bonchev–Trinajstić information content (AvgIpc) is 2.74. The lowest BCUT2D eigenvalue weighted by molar-refractivity contribution is 0.330. The van der Waals surface area contributed by atoms with Gasteiger partial charge < -0.3 is 9.80 Å². The highest BCUT2D eigenvalue weighted by Crippen LogP contribution is 2.44. The third-order valence-corrected chi connectivity index (χ3v) is 5.92. The monoisotopic (exact) mass is 335 g/mol. The summed E-state index contributed by atoms with van der Waals surface area (Å²) < 4.78 is 0. The molecule has 25 heavy (non-hydrogen) atoms. The van der Waals surface area contributed by atoms with Crippen LogP contribution in [0.3, 0.4) is 0 Å². The van der Waals surface area contributed by atoms with Crippen LogP contribution in [0.4, 0.5) is 5.69 Å². The second kappa shape index (κ2) is 6.80. The molecular weight excluding hydrogens is 306 g/mol. The summed E-state index contributed by atoms with van der Waals surface area (Å²) in [7, 11) is 2.28. The third-order valence-electron chi connectivity index (χ3n) is 5.92. The Morgan fingerprint density at radius 2 is 2.04 bits per heavy atom. The van der Waals surface area contributed by atoms with Crippen LogP contribution < -0.4 is 4.90 Å². The number of aromatic nitrogens is 1. The summed E-state index contributed by atoms with van der Waals surface area (Å²) in [5, 5.41) is 0. The number of fused-ring (bicyclic) bond motifs is 3. The van der Waals surface area contributed by atoms with Crippen LogP contribution in [-0.4, -0.2) is 42.6 Å². The van der Waals surface area contributed by atoms with Gasteiger partial charge in [-0.1, -0.05) is 23.8 Å². The normalized spacial score (nSPS) is 23.2. The number of likely N-dealkylation sites (N-methyl/N-ethyl adjacent to an activating group) is 1. The summed E-state index contributed by atoms with van der Waals surface area (Å²) in [5.74, 6) is 0.651. The van der Waals surface area contributed by atoms with Crippen molar-refractivity contribution < 1.29 is 0 Å². The highest BCUT2D eigenvalue weighted by atomic mass is 15.2. The molecule has 0 N–H and O–H groups in total. The van der Waals surface area contributed by atoms with Gasteiger partial charge in [-0.05, 0) is 70.0 Å². The van der Waals surface area contributed by atoms with Crippen molar-refractivity contribution in [2.24, 2.45) is 0 Å². The van der Waals surface area contributed by atoms with E-state index in [9.17, 15) is 0 Å². The lowest BCUT2D eigenvalue weighted by atomic mass is 9.92. The minimum atomic E-state index is 0.651. The van der Waals surface area contributed by atoms with Crippen LogP contribution >= 0.6 is 0 Å². The van der Waals surface area contributed by atoms with Gasteiger partial charge in [-0.15, -0.1) is 0 Å². The number of anilines is 1. The quantitative estimate of drug-likeness (QED) is 0.847. The molecule has 0 aliphatic carbocycles. The summed E-state index contributed by atoms with van der Waals surface area (Å²) in [6.07, 6.45) is 5.71. The van der Waals surface area contributed by atoms with Crippen LogP contribution in [0.15, 0.2) is 36.5 Å². The predicted octanol–water partition coefficient (Wildman–Crippen LogP) is 3.94. The van der Waals surface area contributed by atoms with Crippen LogP contribution in [0.2, 0.25) is 0 Å². The van der Waals surface area contributed by atoms with Crippen molar-refractivity contribution in [3.63, 3.8) is 0 Å². The molecule has 1 aromatic carbocycles. The van der Waals surface area contributed by atoms with Gasteiger partial charge in [0.05, 0.1) is 0 Å². The zero-order chi connectivity index (χ0) is 17.4. The van der Waals surface area contributed by atoms with Crippen molar-refractivity contribution in [2.45, 2.75) is 45.1 Å². The topological polar surface area (TPSA) is 19.4 Å². The van der Waals surface area contributed by atoms with Gasteiger partial charge in [-0.2, -0.15) is 0 Å². The number of rotatable bonds is 3. The first-order chi connectivity index (χ1) is 12.1. The Morgan fingerprint density at radius 1 is 1.16 bits per heavy atom. The van der Waals surface area contributed by atoms with Crippen molar-refractivity contribution >= 4 is 5.69 Å². The molecule has 0 radical (unpaired) electrons. The van der Waals surface area contributed by atoms with E-state index < -0.39 is 0 Å². The molecule has 2 aliphatic heterocycles. The van der Waals surface area contributed by atoms with Gasteiger partial charge in [0.25, 0.3) is 0 Å². The fourth-order valence-electron chi connectivity index (χ4n) is 4.59. The highest BCUT2D eigenvalue weighted by Gasteiger charge is 2.39. The molecule has 3 heterocycles. The molecule has 2 aromatic rings. The summed E-state index contributed by atoms with van der Waals surface area (Å²) in [6.45, 7) is 7.77. The van der Waals surface area contributed by atoms with E-state index in [4.69, 9.17) is 0 Å². The van der Waals surface area contributed by atoms with Crippen LogP contribution in [0.25, 0.3) is 0 Å². The average molecular weight is 335 g/mol. The lowest BCUT2D eigenvalue weighted by Crippen LogP contribution is -2.37. The number of benzene rings is 1. The predicted molar refractivity (Wildman–Crippen MR) is 104 cm³/mol. The first-order valence-electron chi connectivity index (χ1n) is 9.59. The van der Waals surface area contributed by atoms with Crippen molar-refractivity contribution in [2.75, 3.05) is 31.6 Å². The lowest BCUT2D eigenvalue weighted by Gasteiger charge is -2.29. The smallest absolute Gasteiger partial charge is 0.0405 e. The van der Waals surface area contributed by atoms with Crippen LogP contribution in [0, 0.1) is 13.8 Å². The minimum Gasteiger partial charge on any atom is -0.367 e. The van der Waals surface area contributed by atoms with E-state index in [1.807, 2.05) is 6.20 Å². The van der Waals surface area contributed by atoms with E-state index in [1.54, 1.807) is 5.56 Å². The molecule has 132 valence electrons. The highest BCUT2D eigenvalue weighted by molar-refractivity contribution is 5.63. The SMILES string of the molecule is Cc1ccc2c(c1)[C@@H]1CN(C)CCC[C@@H]1N2CCc1ccc(C)nc1. The van der Waals surface area contributed by atoms with E-state index >= 15 is 0 Å². The maximum absolute atomic E-state index is 4.46. The summed E-state index contributed by atoms with van der Waals surface area (Å²) >= 11 is 0. The largest absolute Gasteiger partial charge is 0.367 e. The number of hydrogen-bond donors (Lipinski definition) is 0. The molecule has 0 unspecified atom stereocenters. The summed E-state index contributed by atoms with van der Waals surface area (Å²) in [6, 6.07) is 12.1. The van der Waals surface area contributed by atoms with Crippen molar-refractivity contribution in [1.29, 1.82) is 0 Å². The minimum absolute atomic E-state index is 0.651. The zero-order valence-electron chi connectivity index (χ0n) is 15.7. The zero-order valence-corrected chi connectivity index (χ0v) is 15.7. The first kappa shape index (κ1) is 16.6. The van der Waals surface area contributed by atoms with Crippen LogP contribution in [-0.2, 0) is 6.42 Å². The molecule has 1 saturated heterocycles.